The number of anilines is 1. The van der Waals surface area contributed by atoms with Crippen LogP contribution in [0.5, 0.6) is 0 Å². The van der Waals surface area contributed by atoms with Crippen molar-refractivity contribution in [3.8, 4) is 0 Å². The zero-order valence-electron chi connectivity index (χ0n) is 11.3. The van der Waals surface area contributed by atoms with Crippen LogP contribution in [0.3, 0.4) is 0 Å². The number of carboxylic acids is 1. The molecule has 3 heteroatoms. The van der Waals surface area contributed by atoms with Crippen molar-refractivity contribution in [2.24, 2.45) is 0 Å². The Kier molecular flexibility index (Phi) is 3.33. The molecule has 0 spiro atoms. The Morgan fingerprint density at radius 3 is 2.78 bits per heavy atom. The second-order valence-electron chi connectivity index (χ2n) is 5.38. The van der Waals surface area contributed by atoms with E-state index in [0.717, 1.165) is 18.5 Å². The Morgan fingerprint density at radius 2 is 2.17 bits per heavy atom. The van der Waals surface area contributed by atoms with E-state index in [1.165, 1.54) is 5.56 Å². The number of carboxylic acid groups (broad SMARTS) is 1. The summed E-state index contributed by atoms with van der Waals surface area (Å²) in [5.74, 6) is -0.729. The van der Waals surface area contributed by atoms with Gasteiger partial charge in [0.1, 0.15) is 5.54 Å². The van der Waals surface area contributed by atoms with Crippen LogP contribution in [-0.4, -0.2) is 22.7 Å². The van der Waals surface area contributed by atoms with Gasteiger partial charge in [0, 0.05) is 11.7 Å². The standard InChI is InChI=1S/C15H21NO2/c1-4-9-15(3,14(17)18)16-11(2)10-12-7-5-6-8-13(12)16/h5-8,11H,4,9-10H2,1-3H3,(H,17,18). The summed E-state index contributed by atoms with van der Waals surface area (Å²) < 4.78 is 0. The third-order valence-corrected chi connectivity index (χ3v) is 3.94. The molecule has 1 aliphatic heterocycles. The van der Waals surface area contributed by atoms with Crippen molar-refractivity contribution in [3.05, 3.63) is 29.8 Å². The van der Waals surface area contributed by atoms with Crippen molar-refractivity contribution in [1.29, 1.82) is 0 Å². The number of rotatable bonds is 4. The van der Waals surface area contributed by atoms with Gasteiger partial charge in [0.2, 0.25) is 0 Å². The molecule has 0 bridgehead atoms. The van der Waals surface area contributed by atoms with Crippen LogP contribution in [0.15, 0.2) is 24.3 Å². The van der Waals surface area contributed by atoms with E-state index in [9.17, 15) is 9.90 Å². The molecule has 98 valence electrons. The summed E-state index contributed by atoms with van der Waals surface area (Å²) in [5.41, 5.74) is 1.54. The Morgan fingerprint density at radius 1 is 1.50 bits per heavy atom. The van der Waals surface area contributed by atoms with Gasteiger partial charge in [0.25, 0.3) is 0 Å². The molecule has 1 aliphatic rings. The smallest absolute Gasteiger partial charge is 0.329 e. The molecule has 0 saturated carbocycles. The molecule has 0 amide bonds. The molecule has 1 N–H and O–H groups in total. The fourth-order valence-electron chi connectivity index (χ4n) is 3.13. The molecule has 2 atom stereocenters. The van der Waals surface area contributed by atoms with Gasteiger partial charge in [0.15, 0.2) is 0 Å². The normalized spacial score (nSPS) is 21.5. The van der Waals surface area contributed by atoms with E-state index in [2.05, 4.69) is 17.9 Å². The maximum Gasteiger partial charge on any atom is 0.329 e. The van der Waals surface area contributed by atoms with Crippen LogP contribution in [0.25, 0.3) is 0 Å². The highest BCUT2D eigenvalue weighted by atomic mass is 16.4. The van der Waals surface area contributed by atoms with Crippen LogP contribution in [0.2, 0.25) is 0 Å². The molecular weight excluding hydrogens is 226 g/mol. The first-order valence-corrected chi connectivity index (χ1v) is 6.61. The highest BCUT2D eigenvalue weighted by Gasteiger charge is 2.44. The fourth-order valence-corrected chi connectivity index (χ4v) is 3.13. The van der Waals surface area contributed by atoms with Crippen molar-refractivity contribution in [1.82, 2.24) is 0 Å². The quantitative estimate of drug-likeness (QED) is 0.889. The van der Waals surface area contributed by atoms with E-state index in [1.54, 1.807) is 0 Å². The summed E-state index contributed by atoms with van der Waals surface area (Å²) in [6.45, 7) is 5.99. The van der Waals surface area contributed by atoms with E-state index in [0.29, 0.717) is 6.42 Å². The number of fused-ring (bicyclic) bond motifs is 1. The zero-order valence-corrected chi connectivity index (χ0v) is 11.3. The monoisotopic (exact) mass is 247 g/mol. The van der Waals surface area contributed by atoms with Gasteiger partial charge in [-0.1, -0.05) is 31.5 Å². The number of para-hydroxylation sites is 1. The minimum Gasteiger partial charge on any atom is -0.480 e. The number of hydrogen-bond acceptors (Lipinski definition) is 2. The Bertz CT molecular complexity index is 458. The lowest BCUT2D eigenvalue weighted by Crippen LogP contribution is -2.55. The number of aliphatic carboxylic acids is 1. The van der Waals surface area contributed by atoms with Crippen LogP contribution < -0.4 is 4.90 Å². The lowest BCUT2D eigenvalue weighted by molar-refractivity contribution is -0.143. The van der Waals surface area contributed by atoms with Gasteiger partial charge < -0.3 is 10.0 Å². The highest BCUT2D eigenvalue weighted by Crippen LogP contribution is 2.39. The number of nitrogens with zero attached hydrogens (tertiary/aromatic N) is 1. The number of benzene rings is 1. The molecule has 0 radical (unpaired) electrons. The SMILES string of the molecule is CCCC(C)(C(=O)O)N1c2ccccc2CC1C. The Hall–Kier alpha value is -1.51. The molecule has 0 aromatic heterocycles. The highest BCUT2D eigenvalue weighted by molar-refractivity contribution is 5.84. The molecule has 0 saturated heterocycles. The van der Waals surface area contributed by atoms with E-state index < -0.39 is 11.5 Å². The molecule has 0 fully saturated rings. The third kappa shape index (κ3) is 1.88. The van der Waals surface area contributed by atoms with Gasteiger partial charge in [-0.15, -0.1) is 0 Å². The lowest BCUT2D eigenvalue weighted by atomic mass is 9.92. The molecule has 3 nitrogen and oxygen atoms in total. The summed E-state index contributed by atoms with van der Waals surface area (Å²) in [5, 5.41) is 9.63. The first-order chi connectivity index (χ1) is 8.50. The summed E-state index contributed by atoms with van der Waals surface area (Å²) in [6.07, 6.45) is 2.47. The number of carbonyl (C=O) groups is 1. The van der Waals surface area contributed by atoms with E-state index in [4.69, 9.17) is 0 Å². The van der Waals surface area contributed by atoms with Crippen molar-refractivity contribution < 1.29 is 9.90 Å². The average Bonchev–Trinajstić information content (AvgIpc) is 2.65. The van der Waals surface area contributed by atoms with Crippen LogP contribution >= 0.6 is 0 Å². The first kappa shape index (κ1) is 12.9. The van der Waals surface area contributed by atoms with Crippen molar-refractivity contribution >= 4 is 11.7 Å². The molecule has 2 rings (SSSR count). The summed E-state index contributed by atoms with van der Waals surface area (Å²) in [4.78, 5) is 13.8. The van der Waals surface area contributed by atoms with E-state index in [-0.39, 0.29) is 6.04 Å². The molecule has 1 aromatic carbocycles. The molecule has 1 heterocycles. The first-order valence-electron chi connectivity index (χ1n) is 6.61. The zero-order chi connectivity index (χ0) is 13.3. The van der Waals surface area contributed by atoms with Gasteiger partial charge in [-0.2, -0.15) is 0 Å². The summed E-state index contributed by atoms with van der Waals surface area (Å²) >= 11 is 0. The van der Waals surface area contributed by atoms with E-state index in [1.807, 2.05) is 32.0 Å². The fraction of sp³-hybridized carbons (Fsp3) is 0.533. The number of hydrogen-bond donors (Lipinski definition) is 1. The minimum atomic E-state index is -0.805. The minimum absolute atomic E-state index is 0.245. The Labute approximate surface area is 108 Å². The summed E-state index contributed by atoms with van der Waals surface area (Å²) in [7, 11) is 0. The van der Waals surface area contributed by atoms with Crippen molar-refractivity contribution in [2.75, 3.05) is 4.90 Å². The topological polar surface area (TPSA) is 40.5 Å². The van der Waals surface area contributed by atoms with Crippen LogP contribution in [0.4, 0.5) is 5.69 Å². The average molecular weight is 247 g/mol. The van der Waals surface area contributed by atoms with Gasteiger partial charge in [-0.3, -0.25) is 0 Å². The van der Waals surface area contributed by atoms with E-state index >= 15 is 0 Å². The van der Waals surface area contributed by atoms with Crippen LogP contribution in [0.1, 0.15) is 39.2 Å². The van der Waals surface area contributed by atoms with Gasteiger partial charge in [0.05, 0.1) is 0 Å². The lowest BCUT2D eigenvalue weighted by Gasteiger charge is -2.40. The largest absolute Gasteiger partial charge is 0.480 e. The molecule has 0 aliphatic carbocycles. The second kappa shape index (κ2) is 4.63. The van der Waals surface area contributed by atoms with Gasteiger partial charge in [-0.25, -0.2) is 4.79 Å². The van der Waals surface area contributed by atoms with Gasteiger partial charge >= 0.3 is 5.97 Å². The predicted octanol–water partition coefficient (Wildman–Crippen LogP) is 3.08. The van der Waals surface area contributed by atoms with Crippen molar-refractivity contribution in [2.45, 2.75) is 51.6 Å². The van der Waals surface area contributed by atoms with Crippen LogP contribution in [-0.2, 0) is 11.2 Å². The molecule has 2 unspecified atom stereocenters. The maximum atomic E-state index is 11.7. The third-order valence-electron chi connectivity index (χ3n) is 3.94. The van der Waals surface area contributed by atoms with Gasteiger partial charge in [-0.05, 0) is 38.3 Å². The second-order valence-corrected chi connectivity index (χ2v) is 5.38. The molecular formula is C15H21NO2. The maximum absolute atomic E-state index is 11.7. The summed E-state index contributed by atoms with van der Waals surface area (Å²) in [6, 6.07) is 8.39. The molecule has 1 aromatic rings. The Balaban J connectivity index is 2.46. The van der Waals surface area contributed by atoms with Crippen molar-refractivity contribution in [3.63, 3.8) is 0 Å². The predicted molar refractivity (Wildman–Crippen MR) is 73.0 cm³/mol. The molecule has 18 heavy (non-hydrogen) atoms. The van der Waals surface area contributed by atoms with Crippen LogP contribution in [0, 0.1) is 0 Å².